The fourth-order valence-electron chi connectivity index (χ4n) is 0.847. The van der Waals surface area contributed by atoms with Crippen LogP contribution in [-0.2, 0) is 0 Å². The predicted octanol–water partition coefficient (Wildman–Crippen LogP) is 1.88. The normalized spacial score (nSPS) is 14.8. The topological polar surface area (TPSA) is 32.3 Å². The molecule has 2 nitrogen and oxygen atoms in total. The molecule has 0 saturated carbocycles. The smallest absolute Gasteiger partial charge is 0.0512 e. The average Bonchev–Trinajstić information content (AvgIpc) is 2.03. The number of hydrogen-bond donors (Lipinski definition) is 2. The highest BCUT2D eigenvalue weighted by Gasteiger charge is 1.94. The molecule has 0 saturated heterocycles. The Morgan fingerprint density at radius 1 is 1.67 bits per heavy atom. The fourth-order valence-corrected chi connectivity index (χ4v) is 0.924. The number of aliphatic hydroxyl groups excluding tert-OH is 1. The molecule has 0 amide bonds. The second-order valence-corrected chi connectivity index (χ2v) is 3.34. The molecule has 0 aliphatic carbocycles. The minimum atomic E-state index is -0.184. The van der Waals surface area contributed by atoms with Crippen molar-refractivity contribution < 1.29 is 5.11 Å². The Morgan fingerprint density at radius 3 is 2.83 bits per heavy atom. The van der Waals surface area contributed by atoms with Gasteiger partial charge < -0.3 is 10.4 Å². The van der Waals surface area contributed by atoms with Gasteiger partial charge in [-0.2, -0.15) is 0 Å². The van der Waals surface area contributed by atoms with Crippen molar-refractivity contribution in [2.45, 2.75) is 32.8 Å². The number of rotatable bonds is 6. The molecular weight excluding hydrogens is 174 g/mol. The van der Waals surface area contributed by atoms with Gasteiger partial charge in [0, 0.05) is 12.1 Å². The molecule has 0 aliphatic rings. The van der Waals surface area contributed by atoms with Crippen molar-refractivity contribution in [1.29, 1.82) is 0 Å². The summed E-state index contributed by atoms with van der Waals surface area (Å²) in [6, 6.07) is 0. The van der Waals surface area contributed by atoms with Gasteiger partial charge in [-0.15, -0.1) is 0 Å². The van der Waals surface area contributed by atoms with Crippen LogP contribution in [0.15, 0.2) is 11.1 Å². The molecule has 72 valence electrons. The molecule has 0 aromatic rings. The maximum Gasteiger partial charge on any atom is 0.0512 e. The quantitative estimate of drug-likeness (QED) is 0.629. The van der Waals surface area contributed by atoms with Crippen molar-refractivity contribution in [3.8, 4) is 0 Å². The summed E-state index contributed by atoms with van der Waals surface area (Å²) in [5.41, 5.74) is 2.72. The van der Waals surface area contributed by atoms with Crippen LogP contribution in [0.2, 0.25) is 0 Å². The van der Waals surface area contributed by atoms with E-state index in [0.717, 1.165) is 31.5 Å². The molecule has 12 heavy (non-hydrogen) atoms. The van der Waals surface area contributed by atoms with Crippen molar-refractivity contribution >= 4 is 11.6 Å². The van der Waals surface area contributed by atoms with Crippen molar-refractivity contribution in [3.63, 3.8) is 0 Å². The summed E-state index contributed by atoms with van der Waals surface area (Å²) in [6.45, 7) is 5.56. The van der Waals surface area contributed by atoms with Gasteiger partial charge in [-0.05, 0) is 38.8 Å². The first-order chi connectivity index (χ1) is 5.66. The lowest BCUT2D eigenvalue weighted by molar-refractivity contribution is 0.181. The third-order valence-electron chi connectivity index (χ3n) is 1.57. The van der Waals surface area contributed by atoms with Gasteiger partial charge in [0.15, 0.2) is 0 Å². The molecule has 0 aromatic carbocycles. The van der Waals surface area contributed by atoms with E-state index in [2.05, 4.69) is 5.32 Å². The summed E-state index contributed by atoms with van der Waals surface area (Å²) in [7, 11) is 0. The van der Waals surface area contributed by atoms with Gasteiger partial charge in [0.25, 0.3) is 0 Å². The second kappa shape index (κ2) is 7.59. The lowest BCUT2D eigenvalue weighted by atomic mass is 10.2. The molecule has 0 radical (unpaired) electrons. The molecule has 3 heteroatoms. The van der Waals surface area contributed by atoms with Crippen LogP contribution in [-0.4, -0.2) is 24.3 Å². The van der Waals surface area contributed by atoms with Crippen LogP contribution in [0.1, 0.15) is 26.7 Å². The molecule has 1 unspecified atom stereocenters. The molecule has 1 atom stereocenters. The minimum Gasteiger partial charge on any atom is -0.393 e. The maximum absolute atomic E-state index is 8.95. The van der Waals surface area contributed by atoms with E-state index >= 15 is 0 Å². The Balaban J connectivity index is 3.11. The average molecular weight is 192 g/mol. The molecule has 0 fully saturated rings. The van der Waals surface area contributed by atoms with E-state index < -0.39 is 0 Å². The number of nitrogens with one attached hydrogen (secondary N) is 1. The SMILES string of the molecule is CC(=CCl)CNCCCC(C)O. The number of aliphatic hydroxyl groups is 1. The number of hydrogen-bond acceptors (Lipinski definition) is 2. The van der Waals surface area contributed by atoms with Crippen molar-refractivity contribution in [3.05, 3.63) is 11.1 Å². The molecule has 0 aliphatic heterocycles. The van der Waals surface area contributed by atoms with Gasteiger partial charge >= 0.3 is 0 Å². The first-order valence-corrected chi connectivity index (χ1v) is 4.75. The fraction of sp³-hybridized carbons (Fsp3) is 0.778. The predicted molar refractivity (Wildman–Crippen MR) is 53.4 cm³/mol. The Labute approximate surface area is 79.6 Å². The lowest BCUT2D eigenvalue weighted by Crippen LogP contribution is -2.18. The van der Waals surface area contributed by atoms with Crippen molar-refractivity contribution in [1.82, 2.24) is 5.32 Å². The Kier molecular flexibility index (Phi) is 7.56. The first kappa shape index (κ1) is 11.9. The summed E-state index contributed by atoms with van der Waals surface area (Å²) in [5, 5.41) is 12.2. The molecule has 0 bridgehead atoms. The maximum atomic E-state index is 8.95. The van der Waals surface area contributed by atoms with Gasteiger partial charge in [-0.3, -0.25) is 0 Å². The number of halogens is 1. The van der Waals surface area contributed by atoms with Crippen LogP contribution in [0.5, 0.6) is 0 Å². The van der Waals surface area contributed by atoms with Crippen LogP contribution in [0.3, 0.4) is 0 Å². The molecular formula is C9H18ClNO. The van der Waals surface area contributed by atoms with Gasteiger partial charge in [-0.25, -0.2) is 0 Å². The van der Waals surface area contributed by atoms with E-state index in [1.54, 1.807) is 5.54 Å². The molecule has 0 spiro atoms. The van der Waals surface area contributed by atoms with Crippen LogP contribution in [0, 0.1) is 0 Å². The van der Waals surface area contributed by atoms with Crippen LogP contribution < -0.4 is 5.32 Å². The zero-order valence-electron chi connectivity index (χ0n) is 7.81. The molecule has 2 N–H and O–H groups in total. The standard InChI is InChI=1S/C9H18ClNO/c1-8(6-10)7-11-5-3-4-9(2)12/h6,9,11-12H,3-5,7H2,1-2H3. The van der Waals surface area contributed by atoms with E-state index in [4.69, 9.17) is 16.7 Å². The highest BCUT2D eigenvalue weighted by atomic mass is 35.5. The van der Waals surface area contributed by atoms with E-state index in [-0.39, 0.29) is 6.10 Å². The Bertz CT molecular complexity index is 134. The van der Waals surface area contributed by atoms with Gasteiger partial charge in [0.05, 0.1) is 6.10 Å². The summed E-state index contributed by atoms with van der Waals surface area (Å²) in [4.78, 5) is 0. The van der Waals surface area contributed by atoms with Crippen molar-refractivity contribution in [2.75, 3.05) is 13.1 Å². The van der Waals surface area contributed by atoms with Crippen molar-refractivity contribution in [2.24, 2.45) is 0 Å². The first-order valence-electron chi connectivity index (χ1n) is 4.31. The largest absolute Gasteiger partial charge is 0.393 e. The summed E-state index contributed by atoms with van der Waals surface area (Å²) >= 11 is 5.47. The zero-order valence-corrected chi connectivity index (χ0v) is 8.56. The van der Waals surface area contributed by atoms with E-state index in [1.807, 2.05) is 13.8 Å². The monoisotopic (exact) mass is 191 g/mol. The van der Waals surface area contributed by atoms with Crippen LogP contribution >= 0.6 is 11.6 Å². The van der Waals surface area contributed by atoms with E-state index in [9.17, 15) is 0 Å². The van der Waals surface area contributed by atoms with E-state index in [0.29, 0.717) is 0 Å². The lowest BCUT2D eigenvalue weighted by Gasteiger charge is -2.05. The Hall–Kier alpha value is -0.0500. The van der Waals surface area contributed by atoms with Gasteiger partial charge in [0.2, 0.25) is 0 Å². The highest BCUT2D eigenvalue weighted by molar-refractivity contribution is 6.25. The summed E-state index contributed by atoms with van der Waals surface area (Å²) in [5.74, 6) is 0. The van der Waals surface area contributed by atoms with Gasteiger partial charge in [-0.1, -0.05) is 11.6 Å². The highest BCUT2D eigenvalue weighted by Crippen LogP contribution is 1.95. The van der Waals surface area contributed by atoms with Crippen LogP contribution in [0.4, 0.5) is 0 Å². The summed E-state index contributed by atoms with van der Waals surface area (Å²) in [6.07, 6.45) is 1.68. The van der Waals surface area contributed by atoms with E-state index in [1.165, 1.54) is 0 Å². The minimum absolute atomic E-state index is 0.184. The summed E-state index contributed by atoms with van der Waals surface area (Å²) < 4.78 is 0. The zero-order chi connectivity index (χ0) is 9.40. The third-order valence-corrected chi connectivity index (χ3v) is 1.94. The van der Waals surface area contributed by atoms with Gasteiger partial charge in [0.1, 0.15) is 0 Å². The second-order valence-electron chi connectivity index (χ2n) is 3.12. The molecule has 0 rings (SSSR count). The van der Waals surface area contributed by atoms with Crippen LogP contribution in [0.25, 0.3) is 0 Å². The molecule has 0 heterocycles. The third kappa shape index (κ3) is 8.05. The Morgan fingerprint density at radius 2 is 2.33 bits per heavy atom. The molecule has 0 aromatic heterocycles.